The molecule has 0 aliphatic carbocycles. The van der Waals surface area contributed by atoms with E-state index in [4.69, 9.17) is 9.47 Å². The zero-order valence-electron chi connectivity index (χ0n) is 23.5. The number of thioether (sulfide) groups is 1. The number of nitrogens with zero attached hydrogens (tertiary/aromatic N) is 1. The summed E-state index contributed by atoms with van der Waals surface area (Å²) in [6.07, 6.45) is 1.56. The van der Waals surface area contributed by atoms with Gasteiger partial charge in [0.25, 0.3) is 11.8 Å². The molecule has 3 amide bonds. The van der Waals surface area contributed by atoms with Crippen molar-refractivity contribution in [2.45, 2.75) is 24.0 Å². The average Bonchev–Trinajstić information content (AvgIpc) is 3.41. The van der Waals surface area contributed by atoms with Crippen molar-refractivity contribution in [3.8, 4) is 11.5 Å². The predicted octanol–water partition coefficient (Wildman–Crippen LogP) is 6.00. The number of carbonyl (C=O) groups excluding carboxylic acids is 3. The van der Waals surface area contributed by atoms with E-state index in [1.54, 1.807) is 66.7 Å². The monoisotopic (exact) mass is 602 g/mol. The Hall–Kier alpha value is -4.61. The Labute approximate surface area is 252 Å². The third-order valence-electron chi connectivity index (χ3n) is 5.89. The van der Waals surface area contributed by atoms with Crippen LogP contribution in [0.25, 0.3) is 6.08 Å². The largest absolute Gasteiger partial charge is 0.493 e. The molecule has 0 aliphatic rings. The van der Waals surface area contributed by atoms with Crippen molar-refractivity contribution in [3.63, 3.8) is 0 Å². The molecule has 1 atom stereocenters. The number of hydrogen-bond acceptors (Lipinski definition) is 8. The summed E-state index contributed by atoms with van der Waals surface area (Å²) in [5.41, 5.74) is 2.45. The molecule has 11 heteroatoms. The quantitative estimate of drug-likeness (QED) is 0.142. The van der Waals surface area contributed by atoms with Gasteiger partial charge in [-0.05, 0) is 74.0 Å². The number of hydrogen-bond donors (Lipinski definition) is 3. The fourth-order valence-electron chi connectivity index (χ4n) is 3.74. The Balaban J connectivity index is 1.48. The van der Waals surface area contributed by atoms with Crippen LogP contribution in [0.5, 0.6) is 11.5 Å². The molecule has 0 fully saturated rings. The van der Waals surface area contributed by atoms with Crippen LogP contribution in [-0.4, -0.2) is 42.2 Å². The second-order valence-electron chi connectivity index (χ2n) is 9.01. The second kappa shape index (κ2) is 14.3. The average molecular weight is 603 g/mol. The van der Waals surface area contributed by atoms with Crippen molar-refractivity contribution >= 4 is 57.7 Å². The van der Waals surface area contributed by atoms with Gasteiger partial charge < -0.3 is 25.4 Å². The maximum absolute atomic E-state index is 13.4. The summed E-state index contributed by atoms with van der Waals surface area (Å²) >= 11 is 2.77. The van der Waals surface area contributed by atoms with E-state index in [0.717, 1.165) is 10.6 Å². The third kappa shape index (κ3) is 8.21. The number of amides is 3. The van der Waals surface area contributed by atoms with E-state index in [1.807, 2.05) is 31.4 Å². The van der Waals surface area contributed by atoms with Crippen molar-refractivity contribution < 1.29 is 23.9 Å². The molecule has 0 aliphatic heterocycles. The highest BCUT2D eigenvalue weighted by Gasteiger charge is 2.18. The molecule has 0 spiro atoms. The van der Waals surface area contributed by atoms with Crippen molar-refractivity contribution in [3.05, 3.63) is 101 Å². The van der Waals surface area contributed by atoms with Crippen molar-refractivity contribution in [1.29, 1.82) is 0 Å². The van der Waals surface area contributed by atoms with Gasteiger partial charge in [-0.2, -0.15) is 0 Å². The molecule has 1 aromatic heterocycles. The van der Waals surface area contributed by atoms with Crippen LogP contribution in [0.15, 0.2) is 88.8 Å². The highest BCUT2D eigenvalue weighted by molar-refractivity contribution is 8.00. The van der Waals surface area contributed by atoms with Gasteiger partial charge >= 0.3 is 0 Å². The summed E-state index contributed by atoms with van der Waals surface area (Å²) in [6, 6.07) is 20.9. The molecule has 3 N–H and O–H groups in total. The second-order valence-corrected chi connectivity index (χ2v) is 11.3. The van der Waals surface area contributed by atoms with Crippen molar-refractivity contribution in [1.82, 2.24) is 10.3 Å². The maximum atomic E-state index is 13.4. The first-order valence-electron chi connectivity index (χ1n) is 12.9. The van der Waals surface area contributed by atoms with E-state index in [1.165, 1.54) is 37.3 Å². The van der Waals surface area contributed by atoms with Crippen LogP contribution in [0.2, 0.25) is 0 Å². The Kier molecular flexibility index (Phi) is 10.4. The Morgan fingerprint density at radius 3 is 2.29 bits per heavy atom. The van der Waals surface area contributed by atoms with Gasteiger partial charge in [0.2, 0.25) is 5.91 Å². The number of aromatic nitrogens is 1. The lowest BCUT2D eigenvalue weighted by molar-refractivity contribution is -0.115. The maximum Gasteiger partial charge on any atom is 0.272 e. The predicted molar refractivity (Wildman–Crippen MR) is 167 cm³/mol. The lowest BCUT2D eigenvalue weighted by atomic mass is 10.1. The van der Waals surface area contributed by atoms with Crippen LogP contribution in [0.1, 0.15) is 28.5 Å². The van der Waals surface area contributed by atoms with Gasteiger partial charge in [0.1, 0.15) is 5.70 Å². The van der Waals surface area contributed by atoms with E-state index >= 15 is 0 Å². The number of methoxy groups -OCH3 is 2. The van der Waals surface area contributed by atoms with Gasteiger partial charge in [-0.15, -0.1) is 23.1 Å². The Morgan fingerprint density at radius 1 is 0.929 bits per heavy atom. The molecule has 0 bridgehead atoms. The Bertz CT molecular complexity index is 1590. The van der Waals surface area contributed by atoms with Crippen LogP contribution in [0.3, 0.4) is 0 Å². The SMILES string of the molecule is COc1ccc(/C=C(\NC(=O)c2ccccc2)C(=O)Nc2ccc(SC(C)C(=O)Nc3nc(C)cs3)cc2)cc1OC. The molecule has 4 aromatic rings. The minimum absolute atomic E-state index is 0.0391. The van der Waals surface area contributed by atoms with E-state index < -0.39 is 11.8 Å². The molecule has 3 aromatic carbocycles. The molecule has 42 heavy (non-hydrogen) atoms. The number of ether oxygens (including phenoxy) is 2. The standard InChI is InChI=1S/C31H30N4O5S2/c1-19-18-41-31(32-19)35-28(36)20(2)42-24-13-11-23(12-14-24)33-30(38)25(34-29(37)22-8-6-5-7-9-22)16-21-10-15-26(39-3)27(17-21)40-4/h5-18,20H,1-4H3,(H,33,38)(H,34,37)(H,32,35,36)/b25-16-. The summed E-state index contributed by atoms with van der Waals surface area (Å²) in [5, 5.41) is 10.5. The molecular weight excluding hydrogens is 572 g/mol. The van der Waals surface area contributed by atoms with Crippen LogP contribution in [0.4, 0.5) is 10.8 Å². The van der Waals surface area contributed by atoms with Gasteiger partial charge in [0.05, 0.1) is 25.2 Å². The summed E-state index contributed by atoms with van der Waals surface area (Å²) in [4.78, 5) is 44.0. The molecule has 216 valence electrons. The topological polar surface area (TPSA) is 119 Å². The van der Waals surface area contributed by atoms with E-state index in [-0.39, 0.29) is 16.9 Å². The molecule has 9 nitrogen and oxygen atoms in total. The minimum Gasteiger partial charge on any atom is -0.493 e. The van der Waals surface area contributed by atoms with Crippen molar-refractivity contribution in [2.24, 2.45) is 0 Å². The number of benzene rings is 3. The summed E-state index contributed by atoms with van der Waals surface area (Å²) < 4.78 is 10.7. The Morgan fingerprint density at radius 2 is 1.64 bits per heavy atom. The molecule has 1 unspecified atom stereocenters. The summed E-state index contributed by atoms with van der Waals surface area (Å²) in [6.45, 7) is 3.69. The molecule has 4 rings (SSSR count). The van der Waals surface area contributed by atoms with E-state index in [9.17, 15) is 14.4 Å². The molecular formula is C31H30N4O5S2. The molecule has 1 heterocycles. The lowest BCUT2D eigenvalue weighted by Crippen LogP contribution is -2.30. The van der Waals surface area contributed by atoms with Crippen molar-refractivity contribution in [2.75, 3.05) is 24.9 Å². The molecule has 0 saturated heterocycles. The van der Waals surface area contributed by atoms with E-state index in [0.29, 0.717) is 33.4 Å². The zero-order valence-corrected chi connectivity index (χ0v) is 25.1. The van der Waals surface area contributed by atoms with Gasteiger partial charge in [0, 0.05) is 21.5 Å². The zero-order chi connectivity index (χ0) is 30.1. The van der Waals surface area contributed by atoms with Crippen LogP contribution >= 0.6 is 23.1 Å². The van der Waals surface area contributed by atoms with Crippen LogP contribution < -0.4 is 25.4 Å². The number of anilines is 2. The smallest absolute Gasteiger partial charge is 0.272 e. The van der Waals surface area contributed by atoms with Crippen LogP contribution in [0, 0.1) is 6.92 Å². The summed E-state index contributed by atoms with van der Waals surface area (Å²) in [5.74, 6) is -0.0636. The fraction of sp³-hybridized carbons (Fsp3) is 0.161. The number of rotatable bonds is 11. The van der Waals surface area contributed by atoms with Gasteiger partial charge in [-0.1, -0.05) is 24.3 Å². The lowest BCUT2D eigenvalue weighted by Gasteiger charge is -2.13. The van der Waals surface area contributed by atoms with E-state index in [2.05, 4.69) is 20.9 Å². The fourth-order valence-corrected chi connectivity index (χ4v) is 5.30. The first-order chi connectivity index (χ1) is 20.2. The summed E-state index contributed by atoms with van der Waals surface area (Å²) in [7, 11) is 3.06. The highest BCUT2D eigenvalue weighted by atomic mass is 32.2. The highest BCUT2D eigenvalue weighted by Crippen LogP contribution is 2.29. The number of carbonyl (C=O) groups is 3. The first kappa shape index (κ1) is 30.4. The molecule has 0 radical (unpaired) electrons. The van der Waals surface area contributed by atoms with Gasteiger partial charge in [0.15, 0.2) is 16.6 Å². The number of thiazole rings is 1. The third-order valence-corrected chi connectivity index (χ3v) is 7.88. The first-order valence-corrected chi connectivity index (χ1v) is 14.6. The number of aryl methyl sites for hydroxylation is 1. The van der Waals surface area contributed by atoms with Crippen LogP contribution in [-0.2, 0) is 9.59 Å². The van der Waals surface area contributed by atoms with Gasteiger partial charge in [-0.3, -0.25) is 14.4 Å². The number of nitrogens with one attached hydrogen (secondary N) is 3. The van der Waals surface area contributed by atoms with Gasteiger partial charge in [-0.25, -0.2) is 4.98 Å². The minimum atomic E-state index is -0.513. The normalized spacial score (nSPS) is 11.8. The molecule has 0 saturated carbocycles.